The van der Waals surface area contributed by atoms with Crippen LogP contribution in [-0.4, -0.2) is 9.55 Å². The maximum absolute atomic E-state index is 6.34. The van der Waals surface area contributed by atoms with Crippen LogP contribution in [0.3, 0.4) is 0 Å². The van der Waals surface area contributed by atoms with Gasteiger partial charge in [0.15, 0.2) is 0 Å². The molecule has 0 radical (unpaired) electrons. The van der Waals surface area contributed by atoms with E-state index in [1.807, 2.05) is 0 Å². The average molecular weight is 283 g/mol. The normalized spacial score (nSPS) is 15.4. The maximum Gasteiger partial charge on any atom is 0.131 e. The molecule has 0 spiro atoms. The highest BCUT2D eigenvalue weighted by Crippen LogP contribution is 2.42. The van der Waals surface area contributed by atoms with E-state index in [-0.39, 0.29) is 5.41 Å². The standard InChI is InChI=1S/C18H25N3/c1-5-21-16(19)15(20-17(21)13-6-7-13)12-8-10-14(11-9-12)18(2,3)4/h8-11,13H,5-7,19H2,1-4H3. The number of hydrogen-bond donors (Lipinski definition) is 1. The summed E-state index contributed by atoms with van der Waals surface area (Å²) in [5.41, 5.74) is 9.91. The Morgan fingerprint density at radius 3 is 2.29 bits per heavy atom. The SMILES string of the molecule is CCn1c(C2CC2)nc(-c2ccc(C(C)(C)C)cc2)c1N. The summed E-state index contributed by atoms with van der Waals surface area (Å²) < 4.78 is 2.17. The molecule has 0 saturated heterocycles. The highest BCUT2D eigenvalue weighted by molar-refractivity contribution is 5.71. The smallest absolute Gasteiger partial charge is 0.131 e. The van der Waals surface area contributed by atoms with Crippen molar-refractivity contribution in [1.82, 2.24) is 9.55 Å². The molecule has 1 aliphatic carbocycles. The fraction of sp³-hybridized carbons (Fsp3) is 0.500. The molecule has 2 N–H and O–H groups in total. The second-order valence-corrected chi connectivity index (χ2v) is 7.05. The first-order chi connectivity index (χ1) is 9.91. The molecule has 3 heteroatoms. The Balaban J connectivity index is 2.00. The van der Waals surface area contributed by atoms with Crippen LogP contribution >= 0.6 is 0 Å². The summed E-state index contributed by atoms with van der Waals surface area (Å²) in [5.74, 6) is 2.60. The molecule has 0 bridgehead atoms. The van der Waals surface area contributed by atoms with Crippen LogP contribution in [0.15, 0.2) is 24.3 Å². The van der Waals surface area contributed by atoms with Crippen molar-refractivity contribution in [1.29, 1.82) is 0 Å². The van der Waals surface area contributed by atoms with Gasteiger partial charge in [0.2, 0.25) is 0 Å². The third-order valence-corrected chi connectivity index (χ3v) is 4.32. The van der Waals surface area contributed by atoms with Crippen LogP contribution in [-0.2, 0) is 12.0 Å². The maximum atomic E-state index is 6.34. The molecule has 2 aromatic rings. The highest BCUT2D eigenvalue weighted by Gasteiger charge is 2.30. The predicted molar refractivity (Wildman–Crippen MR) is 88.4 cm³/mol. The minimum absolute atomic E-state index is 0.173. The molecule has 1 heterocycles. The Morgan fingerprint density at radius 2 is 1.81 bits per heavy atom. The first-order valence-corrected chi connectivity index (χ1v) is 7.88. The molecule has 0 amide bonds. The van der Waals surface area contributed by atoms with Crippen molar-refractivity contribution in [3.05, 3.63) is 35.7 Å². The molecule has 3 nitrogen and oxygen atoms in total. The fourth-order valence-electron chi connectivity index (χ4n) is 2.81. The van der Waals surface area contributed by atoms with E-state index in [2.05, 4.69) is 56.5 Å². The van der Waals surface area contributed by atoms with Crippen LogP contribution in [0.5, 0.6) is 0 Å². The summed E-state index contributed by atoms with van der Waals surface area (Å²) in [6.45, 7) is 9.72. The molecule has 1 fully saturated rings. The van der Waals surface area contributed by atoms with Crippen LogP contribution in [0.1, 0.15) is 57.8 Å². The Labute approximate surface area is 127 Å². The number of nitrogens with zero attached hydrogens (tertiary/aromatic N) is 2. The molecule has 0 atom stereocenters. The van der Waals surface area contributed by atoms with E-state index in [1.165, 1.54) is 24.2 Å². The number of benzene rings is 1. The molecule has 0 unspecified atom stereocenters. The summed E-state index contributed by atoms with van der Waals surface area (Å²) in [7, 11) is 0. The van der Waals surface area contributed by atoms with Crippen molar-refractivity contribution in [3.8, 4) is 11.3 Å². The number of nitrogen functional groups attached to an aromatic ring is 1. The number of aromatic nitrogens is 2. The monoisotopic (exact) mass is 283 g/mol. The summed E-state index contributed by atoms with van der Waals surface area (Å²) in [4.78, 5) is 4.84. The Bertz CT molecular complexity index is 640. The Hall–Kier alpha value is -1.77. The van der Waals surface area contributed by atoms with Crippen molar-refractivity contribution in [3.63, 3.8) is 0 Å². The van der Waals surface area contributed by atoms with Crippen LogP contribution in [0.25, 0.3) is 11.3 Å². The van der Waals surface area contributed by atoms with E-state index in [9.17, 15) is 0 Å². The van der Waals surface area contributed by atoms with E-state index in [0.717, 1.165) is 23.6 Å². The van der Waals surface area contributed by atoms with E-state index in [1.54, 1.807) is 0 Å². The molecule has 0 aliphatic heterocycles. The van der Waals surface area contributed by atoms with Gasteiger partial charge in [-0.1, -0.05) is 45.0 Å². The highest BCUT2D eigenvalue weighted by atomic mass is 15.1. The zero-order valence-electron chi connectivity index (χ0n) is 13.5. The van der Waals surface area contributed by atoms with Crippen molar-refractivity contribution in [2.24, 2.45) is 0 Å². The second-order valence-electron chi connectivity index (χ2n) is 7.05. The fourth-order valence-corrected chi connectivity index (χ4v) is 2.81. The number of nitrogens with two attached hydrogens (primary N) is 1. The lowest BCUT2D eigenvalue weighted by Gasteiger charge is -2.19. The third-order valence-electron chi connectivity index (χ3n) is 4.32. The van der Waals surface area contributed by atoms with Gasteiger partial charge in [-0.25, -0.2) is 4.98 Å². The number of anilines is 1. The van der Waals surface area contributed by atoms with Crippen molar-refractivity contribution in [2.45, 2.75) is 58.4 Å². The molecule has 1 aliphatic rings. The zero-order valence-corrected chi connectivity index (χ0v) is 13.5. The molecule has 112 valence electrons. The van der Waals surface area contributed by atoms with Crippen molar-refractivity contribution in [2.75, 3.05) is 5.73 Å². The Morgan fingerprint density at radius 1 is 1.19 bits per heavy atom. The average Bonchev–Trinajstić information content (AvgIpc) is 3.22. The lowest BCUT2D eigenvalue weighted by molar-refractivity contribution is 0.590. The lowest BCUT2D eigenvalue weighted by Crippen LogP contribution is -2.10. The first kappa shape index (κ1) is 14.2. The van der Waals surface area contributed by atoms with Crippen molar-refractivity contribution < 1.29 is 0 Å². The predicted octanol–water partition coefficient (Wildman–Crippen LogP) is 4.33. The third kappa shape index (κ3) is 2.57. The largest absolute Gasteiger partial charge is 0.383 e. The van der Waals surface area contributed by atoms with E-state index >= 15 is 0 Å². The van der Waals surface area contributed by atoms with Gasteiger partial charge in [0.05, 0.1) is 0 Å². The molecule has 1 saturated carbocycles. The lowest BCUT2D eigenvalue weighted by atomic mass is 9.86. The summed E-state index contributed by atoms with van der Waals surface area (Å²) in [6.07, 6.45) is 2.50. The van der Waals surface area contributed by atoms with E-state index in [0.29, 0.717) is 5.92 Å². The van der Waals surface area contributed by atoms with Crippen molar-refractivity contribution >= 4 is 5.82 Å². The Kier molecular flexibility index (Phi) is 3.31. The quantitative estimate of drug-likeness (QED) is 0.911. The van der Waals surface area contributed by atoms with Gasteiger partial charge in [-0.05, 0) is 30.7 Å². The van der Waals surface area contributed by atoms with Gasteiger partial charge >= 0.3 is 0 Å². The van der Waals surface area contributed by atoms with Gasteiger partial charge in [-0.15, -0.1) is 0 Å². The van der Waals surface area contributed by atoms with Crippen LogP contribution in [0.2, 0.25) is 0 Å². The summed E-state index contributed by atoms with van der Waals surface area (Å²) >= 11 is 0. The second kappa shape index (κ2) is 4.90. The minimum atomic E-state index is 0.173. The number of rotatable bonds is 3. The summed E-state index contributed by atoms with van der Waals surface area (Å²) in [6, 6.07) is 8.68. The minimum Gasteiger partial charge on any atom is -0.383 e. The molecular formula is C18H25N3. The topological polar surface area (TPSA) is 43.8 Å². The number of imidazole rings is 1. The van der Waals surface area contributed by atoms with Gasteiger partial charge in [0.25, 0.3) is 0 Å². The van der Waals surface area contributed by atoms with Gasteiger partial charge in [-0.2, -0.15) is 0 Å². The van der Waals surface area contributed by atoms with E-state index in [4.69, 9.17) is 10.7 Å². The van der Waals surface area contributed by atoms with Crippen LogP contribution in [0, 0.1) is 0 Å². The van der Waals surface area contributed by atoms with Gasteiger partial charge in [-0.3, -0.25) is 0 Å². The van der Waals surface area contributed by atoms with Crippen LogP contribution < -0.4 is 5.73 Å². The first-order valence-electron chi connectivity index (χ1n) is 7.88. The molecule has 1 aromatic carbocycles. The van der Waals surface area contributed by atoms with E-state index < -0.39 is 0 Å². The molecule has 1 aromatic heterocycles. The van der Waals surface area contributed by atoms with Crippen LogP contribution in [0.4, 0.5) is 5.82 Å². The molecule has 21 heavy (non-hydrogen) atoms. The molecule has 3 rings (SSSR count). The summed E-state index contributed by atoms with van der Waals surface area (Å²) in [5, 5.41) is 0. The van der Waals surface area contributed by atoms with Gasteiger partial charge in [0, 0.05) is 18.0 Å². The number of hydrogen-bond acceptors (Lipinski definition) is 2. The van der Waals surface area contributed by atoms with Gasteiger partial charge < -0.3 is 10.3 Å². The van der Waals surface area contributed by atoms with Gasteiger partial charge in [0.1, 0.15) is 17.3 Å². The zero-order chi connectivity index (χ0) is 15.2. The molecular weight excluding hydrogens is 258 g/mol.